The van der Waals surface area contributed by atoms with Gasteiger partial charge in [0.05, 0.1) is 11.5 Å². The highest BCUT2D eigenvalue weighted by molar-refractivity contribution is 7.89. The van der Waals surface area contributed by atoms with E-state index < -0.39 is 10.0 Å². The van der Waals surface area contributed by atoms with Gasteiger partial charge in [-0.2, -0.15) is 4.31 Å². The molecule has 0 unspecified atom stereocenters. The summed E-state index contributed by atoms with van der Waals surface area (Å²) in [5, 5.41) is 5.56. The van der Waals surface area contributed by atoms with Crippen molar-refractivity contribution in [1.29, 1.82) is 0 Å². The fraction of sp³-hybridized carbons (Fsp3) is 0.423. The van der Waals surface area contributed by atoms with E-state index >= 15 is 0 Å². The summed E-state index contributed by atoms with van der Waals surface area (Å²) in [5.74, 6) is -0.634. The second kappa shape index (κ2) is 14.1. The number of amides is 1. The molecule has 0 atom stereocenters. The predicted molar refractivity (Wildman–Crippen MR) is 143 cm³/mol. The third kappa shape index (κ3) is 9.00. The number of hydrogen-bond acceptors (Lipinski definition) is 6. The summed E-state index contributed by atoms with van der Waals surface area (Å²) >= 11 is 5.17. The van der Waals surface area contributed by atoms with Crippen LogP contribution in [-0.4, -0.2) is 49.4 Å². The number of benzene rings is 2. The van der Waals surface area contributed by atoms with Gasteiger partial charge >= 0.3 is 5.97 Å². The third-order valence-corrected chi connectivity index (χ3v) is 7.94. The summed E-state index contributed by atoms with van der Waals surface area (Å²) in [5.41, 5.74) is 1.77. The van der Waals surface area contributed by atoms with Gasteiger partial charge in [-0.05, 0) is 74.2 Å². The number of thiocarbonyl (C=S) groups is 1. The molecule has 2 aromatic rings. The van der Waals surface area contributed by atoms with Crippen LogP contribution in [0.1, 0.15) is 50.5 Å². The van der Waals surface area contributed by atoms with Crippen LogP contribution >= 0.6 is 12.2 Å². The number of anilines is 1. The Morgan fingerprint density at radius 1 is 0.917 bits per heavy atom. The molecule has 8 nitrogen and oxygen atoms in total. The fourth-order valence-electron chi connectivity index (χ4n) is 3.89. The van der Waals surface area contributed by atoms with Gasteiger partial charge in [-0.25, -0.2) is 8.42 Å². The van der Waals surface area contributed by atoms with Gasteiger partial charge in [0.15, 0.2) is 5.11 Å². The zero-order chi connectivity index (χ0) is 25.8. The molecule has 2 N–H and O–H groups in total. The second-order valence-corrected chi connectivity index (χ2v) is 11.0. The minimum absolute atomic E-state index is 0.107. The maximum atomic E-state index is 12.7. The lowest BCUT2D eigenvalue weighted by Crippen LogP contribution is -2.35. The van der Waals surface area contributed by atoms with Gasteiger partial charge in [0.1, 0.15) is 0 Å². The molecule has 194 valence electrons. The molecule has 1 saturated heterocycles. The number of esters is 1. The van der Waals surface area contributed by atoms with E-state index in [0.717, 1.165) is 32.1 Å². The summed E-state index contributed by atoms with van der Waals surface area (Å²) in [6.45, 7) is 1.45. The van der Waals surface area contributed by atoms with E-state index in [-0.39, 0.29) is 34.7 Å². The number of nitrogens with one attached hydrogen (secondary N) is 2. The van der Waals surface area contributed by atoms with Crippen molar-refractivity contribution in [2.24, 2.45) is 0 Å². The summed E-state index contributed by atoms with van der Waals surface area (Å²) < 4.78 is 32.2. The van der Waals surface area contributed by atoms with Gasteiger partial charge < -0.3 is 15.4 Å². The Bertz CT molecular complexity index is 1120. The van der Waals surface area contributed by atoms with Crippen molar-refractivity contribution in [3.05, 3.63) is 60.2 Å². The first-order valence-corrected chi connectivity index (χ1v) is 14.1. The molecular formula is C26H33N3O5S2. The molecule has 0 spiro atoms. The quantitative estimate of drug-likeness (QED) is 0.256. The molecule has 0 aromatic heterocycles. The van der Waals surface area contributed by atoms with Crippen molar-refractivity contribution in [3.8, 4) is 0 Å². The van der Waals surface area contributed by atoms with Crippen LogP contribution in [0.25, 0.3) is 0 Å². The zero-order valence-electron chi connectivity index (χ0n) is 20.3. The number of nitrogens with zero attached hydrogens (tertiary/aromatic N) is 1. The van der Waals surface area contributed by atoms with Gasteiger partial charge in [-0.3, -0.25) is 9.59 Å². The van der Waals surface area contributed by atoms with E-state index in [1.165, 1.54) is 22.0 Å². The van der Waals surface area contributed by atoms with Crippen LogP contribution in [0.15, 0.2) is 59.5 Å². The lowest BCUT2D eigenvalue weighted by atomic mass is 10.1. The number of piperidine rings is 1. The number of aryl methyl sites for hydroxylation is 1. The Morgan fingerprint density at radius 2 is 1.61 bits per heavy atom. The highest BCUT2D eigenvalue weighted by atomic mass is 32.2. The van der Waals surface area contributed by atoms with Crippen LogP contribution < -0.4 is 10.6 Å². The van der Waals surface area contributed by atoms with Crippen LogP contribution in [-0.2, 0) is 30.8 Å². The van der Waals surface area contributed by atoms with Gasteiger partial charge in [-0.15, -0.1) is 0 Å². The Kier molecular flexibility index (Phi) is 10.8. The molecule has 1 aliphatic rings. The number of ether oxygens (including phenoxy) is 1. The summed E-state index contributed by atoms with van der Waals surface area (Å²) in [6, 6.07) is 16.3. The molecule has 36 heavy (non-hydrogen) atoms. The standard InChI is InChI=1S/C26H33N3O5S2/c30-24(12-7-13-25(31)34-20-8-11-21-9-3-1-4-10-21)28-26(35)27-22-14-16-23(17-15-22)36(32,33)29-18-5-2-6-19-29/h1,3-4,9-10,14-17H,2,5-8,11-13,18-20H2,(H2,27,28,30,35). The Labute approximate surface area is 218 Å². The Balaban J connectivity index is 1.31. The molecule has 0 aliphatic carbocycles. The van der Waals surface area contributed by atoms with Crippen LogP contribution in [0, 0.1) is 0 Å². The van der Waals surface area contributed by atoms with Crippen LogP contribution in [0.4, 0.5) is 5.69 Å². The first-order chi connectivity index (χ1) is 17.3. The van der Waals surface area contributed by atoms with Crippen molar-refractivity contribution < 1.29 is 22.7 Å². The highest BCUT2D eigenvalue weighted by Crippen LogP contribution is 2.22. The van der Waals surface area contributed by atoms with Crippen molar-refractivity contribution in [2.45, 2.75) is 56.3 Å². The Hall–Kier alpha value is -2.82. The van der Waals surface area contributed by atoms with E-state index in [2.05, 4.69) is 10.6 Å². The maximum Gasteiger partial charge on any atom is 0.305 e. The molecule has 1 heterocycles. The molecule has 0 bridgehead atoms. The van der Waals surface area contributed by atoms with Crippen LogP contribution in [0.2, 0.25) is 0 Å². The number of hydrogen-bond donors (Lipinski definition) is 2. The normalized spacial score (nSPS) is 14.1. The number of carbonyl (C=O) groups excluding carboxylic acids is 2. The van der Waals surface area contributed by atoms with Gasteiger partial charge in [0.25, 0.3) is 0 Å². The fourth-order valence-corrected chi connectivity index (χ4v) is 5.64. The largest absolute Gasteiger partial charge is 0.466 e. The minimum Gasteiger partial charge on any atom is -0.466 e. The molecule has 10 heteroatoms. The van der Waals surface area contributed by atoms with E-state index in [1.807, 2.05) is 30.3 Å². The molecule has 1 fully saturated rings. The highest BCUT2D eigenvalue weighted by Gasteiger charge is 2.25. The molecule has 0 radical (unpaired) electrons. The van der Waals surface area contributed by atoms with Crippen molar-refractivity contribution >= 4 is 44.9 Å². The first kappa shape index (κ1) is 27.8. The lowest BCUT2D eigenvalue weighted by molar-refractivity contribution is -0.143. The molecule has 1 amide bonds. The van der Waals surface area contributed by atoms with Crippen LogP contribution in [0.3, 0.4) is 0 Å². The summed E-state index contributed by atoms with van der Waals surface area (Å²) in [7, 11) is -3.50. The lowest BCUT2D eigenvalue weighted by Gasteiger charge is -2.25. The number of rotatable bonds is 11. The summed E-state index contributed by atoms with van der Waals surface area (Å²) in [6.07, 6.45) is 5.05. The van der Waals surface area contributed by atoms with Gasteiger partial charge in [-0.1, -0.05) is 36.8 Å². The average molecular weight is 532 g/mol. The van der Waals surface area contributed by atoms with Gasteiger partial charge in [0, 0.05) is 31.6 Å². The smallest absolute Gasteiger partial charge is 0.305 e. The molecule has 0 saturated carbocycles. The molecule has 1 aliphatic heterocycles. The minimum atomic E-state index is -3.50. The van der Waals surface area contributed by atoms with Crippen molar-refractivity contribution in [2.75, 3.05) is 25.0 Å². The average Bonchev–Trinajstić information content (AvgIpc) is 2.88. The SMILES string of the molecule is O=C(CCCC(=O)OCCCc1ccccc1)NC(=S)Nc1ccc(S(=O)(=O)N2CCCCC2)cc1. The monoisotopic (exact) mass is 531 g/mol. The topological polar surface area (TPSA) is 105 Å². The third-order valence-electron chi connectivity index (χ3n) is 5.82. The van der Waals surface area contributed by atoms with E-state index in [9.17, 15) is 18.0 Å². The first-order valence-electron chi connectivity index (χ1n) is 12.3. The van der Waals surface area contributed by atoms with Crippen LogP contribution in [0.5, 0.6) is 0 Å². The maximum absolute atomic E-state index is 12.7. The zero-order valence-corrected chi connectivity index (χ0v) is 21.9. The second-order valence-electron chi connectivity index (χ2n) is 8.65. The van der Waals surface area contributed by atoms with E-state index in [0.29, 0.717) is 31.8 Å². The molecule has 3 rings (SSSR count). The van der Waals surface area contributed by atoms with E-state index in [1.54, 1.807) is 12.1 Å². The molecule has 2 aromatic carbocycles. The molecular weight excluding hydrogens is 498 g/mol. The predicted octanol–water partition coefficient (Wildman–Crippen LogP) is 4.02. The van der Waals surface area contributed by atoms with E-state index in [4.69, 9.17) is 17.0 Å². The van der Waals surface area contributed by atoms with Crippen molar-refractivity contribution in [1.82, 2.24) is 9.62 Å². The number of carbonyl (C=O) groups is 2. The summed E-state index contributed by atoms with van der Waals surface area (Å²) in [4.78, 5) is 24.2. The Morgan fingerprint density at radius 3 is 2.31 bits per heavy atom. The number of sulfonamides is 1. The van der Waals surface area contributed by atoms with Crippen molar-refractivity contribution in [3.63, 3.8) is 0 Å². The van der Waals surface area contributed by atoms with Gasteiger partial charge in [0.2, 0.25) is 15.9 Å².